The molecule has 1 aromatic rings. The molecule has 0 saturated heterocycles. The molecule has 0 unspecified atom stereocenters. The molecule has 2 fully saturated rings. The Morgan fingerprint density at radius 3 is 2.39 bits per heavy atom. The molecule has 4 nitrogen and oxygen atoms in total. The number of ether oxygens (including phenoxy) is 1. The van der Waals surface area contributed by atoms with Crippen molar-refractivity contribution in [2.75, 3.05) is 0 Å². The highest BCUT2D eigenvalue weighted by atomic mass is 19.1. The Morgan fingerprint density at radius 2 is 1.79 bits per heavy atom. The van der Waals surface area contributed by atoms with Crippen molar-refractivity contribution in [3.63, 3.8) is 0 Å². The van der Waals surface area contributed by atoms with Crippen molar-refractivity contribution < 1.29 is 13.9 Å². The highest BCUT2D eigenvalue weighted by molar-refractivity contribution is 5.72. The number of hydrogen-bond acceptors (Lipinski definition) is 4. The molecule has 0 atom stereocenters. The van der Waals surface area contributed by atoms with Crippen LogP contribution in [0, 0.1) is 40.3 Å². The number of benzene rings is 1. The number of esters is 1. The number of nitrogens with zero attached hydrogens (tertiary/aromatic N) is 2. The lowest BCUT2D eigenvalue weighted by atomic mass is 9.78. The summed E-state index contributed by atoms with van der Waals surface area (Å²) >= 11 is 0. The Morgan fingerprint density at radius 1 is 1.07 bits per heavy atom. The van der Waals surface area contributed by atoms with Crippen molar-refractivity contribution >= 4 is 5.97 Å². The second-order valence-electron chi connectivity index (χ2n) is 7.86. The number of hydrogen-bond donors (Lipinski definition) is 0. The zero-order valence-electron chi connectivity index (χ0n) is 15.9. The van der Waals surface area contributed by atoms with Gasteiger partial charge in [-0.25, -0.2) is 4.39 Å². The molecule has 0 spiro atoms. The summed E-state index contributed by atoms with van der Waals surface area (Å²) in [5.74, 6) is 0.00410. The van der Waals surface area contributed by atoms with Crippen LogP contribution in [0.5, 0.6) is 0 Å². The molecule has 146 valence electrons. The maximum atomic E-state index is 13.9. The Hall–Kier alpha value is -2.66. The van der Waals surface area contributed by atoms with E-state index in [9.17, 15) is 9.18 Å². The maximum absolute atomic E-state index is 13.9. The normalized spacial score (nSPS) is 27.7. The van der Waals surface area contributed by atoms with Gasteiger partial charge < -0.3 is 4.74 Å². The summed E-state index contributed by atoms with van der Waals surface area (Å²) in [5, 5.41) is 17.4. The maximum Gasteiger partial charge on any atom is 0.309 e. The third kappa shape index (κ3) is 4.98. The number of carbonyl (C=O) groups is 1. The first kappa shape index (κ1) is 20.1. The van der Waals surface area contributed by atoms with Gasteiger partial charge in [-0.05, 0) is 80.9 Å². The summed E-state index contributed by atoms with van der Waals surface area (Å²) in [6.45, 7) is 0. The van der Waals surface area contributed by atoms with E-state index in [0.717, 1.165) is 56.9 Å². The zero-order valence-corrected chi connectivity index (χ0v) is 15.9. The predicted octanol–water partition coefficient (Wildman–Crippen LogP) is 5.15. The van der Waals surface area contributed by atoms with Gasteiger partial charge in [-0.1, -0.05) is 12.1 Å². The lowest BCUT2D eigenvalue weighted by molar-refractivity contribution is -0.157. The molecule has 0 bridgehead atoms. The first-order chi connectivity index (χ1) is 13.6. The van der Waals surface area contributed by atoms with Crippen LogP contribution in [0.15, 0.2) is 30.4 Å². The van der Waals surface area contributed by atoms with Crippen LogP contribution in [0.1, 0.15) is 68.4 Å². The first-order valence-corrected chi connectivity index (χ1v) is 10.1. The van der Waals surface area contributed by atoms with E-state index in [4.69, 9.17) is 15.3 Å². The molecule has 2 aliphatic carbocycles. The van der Waals surface area contributed by atoms with E-state index in [2.05, 4.69) is 0 Å². The first-order valence-electron chi connectivity index (χ1n) is 10.1. The van der Waals surface area contributed by atoms with Gasteiger partial charge in [0.25, 0.3) is 0 Å². The van der Waals surface area contributed by atoms with E-state index < -0.39 is 5.82 Å². The van der Waals surface area contributed by atoms with Gasteiger partial charge in [-0.15, -0.1) is 0 Å². The molecule has 1 aromatic carbocycles. The van der Waals surface area contributed by atoms with Gasteiger partial charge in [-0.3, -0.25) is 4.79 Å². The average molecular weight is 380 g/mol. The van der Waals surface area contributed by atoms with Crippen molar-refractivity contribution in [3.8, 4) is 12.1 Å². The second kappa shape index (κ2) is 9.51. The molecule has 0 heterocycles. The third-order valence-corrected chi connectivity index (χ3v) is 6.09. The van der Waals surface area contributed by atoms with E-state index in [1.165, 1.54) is 18.2 Å². The standard InChI is InChI=1S/C23H25FN2O2/c24-22-14-19(9-10-20(22)15-26)17-5-7-18(8-6-17)23(27)28-21-11-3-16(4-12-21)2-1-13-25/h1-2,9-10,14,16-18,21H,3-8,11-12H2. The lowest BCUT2D eigenvalue weighted by Crippen LogP contribution is -2.29. The summed E-state index contributed by atoms with van der Waals surface area (Å²) in [4.78, 5) is 12.5. The van der Waals surface area contributed by atoms with Gasteiger partial charge in [0.15, 0.2) is 0 Å². The van der Waals surface area contributed by atoms with E-state index in [-0.39, 0.29) is 29.5 Å². The smallest absolute Gasteiger partial charge is 0.309 e. The minimum Gasteiger partial charge on any atom is -0.462 e. The highest BCUT2D eigenvalue weighted by Crippen LogP contribution is 2.37. The van der Waals surface area contributed by atoms with Gasteiger partial charge in [0.1, 0.15) is 18.0 Å². The fourth-order valence-electron chi connectivity index (χ4n) is 4.38. The topological polar surface area (TPSA) is 73.9 Å². The number of allylic oxidation sites excluding steroid dienone is 2. The molecule has 5 heteroatoms. The lowest BCUT2D eigenvalue weighted by Gasteiger charge is -2.31. The molecule has 28 heavy (non-hydrogen) atoms. The number of rotatable bonds is 4. The van der Waals surface area contributed by atoms with Crippen molar-refractivity contribution in [1.29, 1.82) is 10.5 Å². The van der Waals surface area contributed by atoms with Crippen molar-refractivity contribution in [3.05, 3.63) is 47.3 Å². The molecule has 0 amide bonds. The van der Waals surface area contributed by atoms with E-state index in [1.807, 2.05) is 24.3 Å². The summed E-state index contributed by atoms with van der Waals surface area (Å²) in [7, 11) is 0. The molecular formula is C23H25FN2O2. The van der Waals surface area contributed by atoms with Gasteiger partial charge >= 0.3 is 5.97 Å². The number of halogens is 1. The summed E-state index contributed by atoms with van der Waals surface area (Å²) < 4.78 is 19.6. The largest absolute Gasteiger partial charge is 0.462 e. The van der Waals surface area contributed by atoms with Crippen LogP contribution >= 0.6 is 0 Å². The van der Waals surface area contributed by atoms with Crippen LogP contribution < -0.4 is 0 Å². The van der Waals surface area contributed by atoms with Crippen LogP contribution in [-0.4, -0.2) is 12.1 Å². The van der Waals surface area contributed by atoms with Gasteiger partial charge in [-0.2, -0.15) is 10.5 Å². The molecule has 0 aromatic heterocycles. The van der Waals surface area contributed by atoms with Gasteiger partial charge in [0.05, 0.1) is 17.6 Å². The second-order valence-corrected chi connectivity index (χ2v) is 7.86. The quantitative estimate of drug-likeness (QED) is 0.535. The number of carbonyl (C=O) groups excluding carboxylic acids is 1. The van der Waals surface area contributed by atoms with Gasteiger partial charge in [0, 0.05) is 6.08 Å². The molecule has 0 N–H and O–H groups in total. The minimum atomic E-state index is -0.471. The third-order valence-electron chi connectivity index (χ3n) is 6.09. The molecule has 2 aliphatic rings. The highest BCUT2D eigenvalue weighted by Gasteiger charge is 2.31. The average Bonchev–Trinajstić information content (AvgIpc) is 2.73. The van der Waals surface area contributed by atoms with Crippen LogP contribution in [0.25, 0.3) is 0 Å². The molecule has 3 rings (SSSR count). The van der Waals surface area contributed by atoms with Crippen LogP contribution in [0.3, 0.4) is 0 Å². The van der Waals surface area contributed by atoms with Crippen molar-refractivity contribution in [2.45, 2.75) is 63.4 Å². The Labute approximate surface area is 165 Å². The Kier molecular flexibility index (Phi) is 6.82. The van der Waals surface area contributed by atoms with Crippen molar-refractivity contribution in [2.24, 2.45) is 11.8 Å². The molecular weight excluding hydrogens is 355 g/mol. The summed E-state index contributed by atoms with van der Waals surface area (Å²) in [5.41, 5.74) is 0.978. The van der Waals surface area contributed by atoms with Crippen LogP contribution in [0.4, 0.5) is 4.39 Å². The van der Waals surface area contributed by atoms with Crippen molar-refractivity contribution in [1.82, 2.24) is 0 Å². The van der Waals surface area contributed by atoms with Crippen LogP contribution in [0.2, 0.25) is 0 Å². The fourth-order valence-corrected chi connectivity index (χ4v) is 4.38. The minimum absolute atomic E-state index is 0.00965. The molecule has 0 radical (unpaired) electrons. The Bertz CT molecular complexity index is 805. The zero-order chi connectivity index (χ0) is 19.9. The number of nitriles is 2. The van der Waals surface area contributed by atoms with Gasteiger partial charge in [0.2, 0.25) is 0 Å². The van der Waals surface area contributed by atoms with E-state index in [0.29, 0.717) is 5.92 Å². The summed E-state index contributed by atoms with van der Waals surface area (Å²) in [6, 6.07) is 8.69. The molecule has 0 aliphatic heterocycles. The van der Waals surface area contributed by atoms with E-state index in [1.54, 1.807) is 0 Å². The van der Waals surface area contributed by atoms with E-state index >= 15 is 0 Å². The monoisotopic (exact) mass is 380 g/mol. The predicted molar refractivity (Wildman–Crippen MR) is 102 cm³/mol. The summed E-state index contributed by atoms with van der Waals surface area (Å²) in [6.07, 6.45) is 10.3. The fraction of sp³-hybridized carbons (Fsp3) is 0.522. The SMILES string of the molecule is N#CC=CC1CCC(OC(=O)C2CCC(c3ccc(C#N)c(F)c3)CC2)CC1. The molecule has 2 saturated carbocycles. The Balaban J connectivity index is 1.45. The van der Waals surface area contributed by atoms with Crippen LogP contribution in [-0.2, 0) is 9.53 Å².